The van der Waals surface area contributed by atoms with Crippen molar-refractivity contribution in [3.05, 3.63) is 29.8 Å². The highest BCUT2D eigenvalue weighted by Crippen LogP contribution is 2.49. The highest BCUT2D eigenvalue weighted by Gasteiger charge is 2.40. The number of carbonyl (C=O) groups is 2. The number of benzene rings is 1. The number of hydrogen-bond donors (Lipinski definition) is 2. The Hall–Kier alpha value is -2.04. The van der Waals surface area contributed by atoms with Crippen LogP contribution < -0.4 is 15.6 Å². The molecule has 0 saturated heterocycles. The molecule has 0 radical (unpaired) electrons. The van der Waals surface area contributed by atoms with Crippen LogP contribution in [0.5, 0.6) is 5.75 Å². The summed E-state index contributed by atoms with van der Waals surface area (Å²) >= 11 is 0. The van der Waals surface area contributed by atoms with E-state index in [1.54, 1.807) is 24.3 Å². The molecule has 1 aromatic rings. The standard InChI is InChI=1S/C18H24N2O3/c1-2-23-16-7-5-13(6-8-16)18(22)20-19-17(21)11-15-10-12-3-4-14(15)9-12/h5-8,12,14-15H,2-4,9-11H2,1H3,(H,19,21)(H,20,22)/t12-,14+,15+/m0/s1. The van der Waals surface area contributed by atoms with Crippen molar-refractivity contribution >= 4 is 11.8 Å². The summed E-state index contributed by atoms with van der Waals surface area (Å²) in [6.45, 7) is 2.50. The fourth-order valence-corrected chi connectivity index (χ4v) is 3.98. The number of rotatable bonds is 5. The minimum Gasteiger partial charge on any atom is -0.494 e. The molecule has 2 aliphatic carbocycles. The molecule has 2 saturated carbocycles. The van der Waals surface area contributed by atoms with E-state index in [4.69, 9.17) is 4.74 Å². The van der Waals surface area contributed by atoms with E-state index in [1.165, 1.54) is 25.7 Å². The maximum absolute atomic E-state index is 12.0. The van der Waals surface area contributed by atoms with E-state index < -0.39 is 0 Å². The van der Waals surface area contributed by atoms with Crippen LogP contribution in [0.4, 0.5) is 0 Å². The van der Waals surface area contributed by atoms with E-state index in [9.17, 15) is 9.59 Å². The molecule has 23 heavy (non-hydrogen) atoms. The van der Waals surface area contributed by atoms with Crippen molar-refractivity contribution in [3.63, 3.8) is 0 Å². The van der Waals surface area contributed by atoms with Gasteiger partial charge in [0.25, 0.3) is 5.91 Å². The average Bonchev–Trinajstić information content (AvgIpc) is 3.16. The second kappa shape index (κ2) is 7.02. The number of amides is 2. The summed E-state index contributed by atoms with van der Waals surface area (Å²) in [6, 6.07) is 6.86. The second-order valence-corrected chi connectivity index (χ2v) is 6.60. The summed E-state index contributed by atoms with van der Waals surface area (Å²) in [6.07, 6.45) is 5.57. The van der Waals surface area contributed by atoms with Crippen LogP contribution in [0.1, 0.15) is 49.4 Å². The molecule has 0 unspecified atom stereocenters. The highest BCUT2D eigenvalue weighted by molar-refractivity contribution is 5.95. The number of carbonyl (C=O) groups excluding carboxylic acids is 2. The van der Waals surface area contributed by atoms with Gasteiger partial charge in [-0.2, -0.15) is 0 Å². The van der Waals surface area contributed by atoms with Crippen molar-refractivity contribution in [1.82, 2.24) is 10.9 Å². The normalized spacial score (nSPS) is 25.2. The Labute approximate surface area is 136 Å². The maximum Gasteiger partial charge on any atom is 0.269 e. The van der Waals surface area contributed by atoms with Gasteiger partial charge in [-0.05, 0) is 68.2 Å². The van der Waals surface area contributed by atoms with Crippen molar-refractivity contribution < 1.29 is 14.3 Å². The summed E-state index contributed by atoms with van der Waals surface area (Å²) in [5.74, 6) is 2.36. The lowest BCUT2D eigenvalue weighted by molar-refractivity contribution is -0.123. The van der Waals surface area contributed by atoms with E-state index in [0.29, 0.717) is 30.4 Å². The van der Waals surface area contributed by atoms with Gasteiger partial charge in [0.1, 0.15) is 5.75 Å². The fourth-order valence-electron chi connectivity index (χ4n) is 3.98. The van der Waals surface area contributed by atoms with Crippen LogP contribution in [0.25, 0.3) is 0 Å². The van der Waals surface area contributed by atoms with Crippen molar-refractivity contribution in [2.45, 2.75) is 39.0 Å². The van der Waals surface area contributed by atoms with E-state index in [1.807, 2.05) is 6.92 Å². The second-order valence-electron chi connectivity index (χ2n) is 6.60. The van der Waals surface area contributed by atoms with Gasteiger partial charge in [0, 0.05) is 12.0 Å². The van der Waals surface area contributed by atoms with E-state index in [-0.39, 0.29) is 11.8 Å². The molecule has 5 nitrogen and oxygen atoms in total. The van der Waals surface area contributed by atoms with E-state index in [2.05, 4.69) is 10.9 Å². The zero-order valence-electron chi connectivity index (χ0n) is 13.5. The van der Waals surface area contributed by atoms with Gasteiger partial charge >= 0.3 is 0 Å². The summed E-state index contributed by atoms with van der Waals surface area (Å²) < 4.78 is 5.34. The first-order valence-electron chi connectivity index (χ1n) is 8.47. The first-order valence-corrected chi connectivity index (χ1v) is 8.47. The van der Waals surface area contributed by atoms with Crippen molar-refractivity contribution in [1.29, 1.82) is 0 Å². The summed E-state index contributed by atoms with van der Waals surface area (Å²) in [5, 5.41) is 0. The first kappa shape index (κ1) is 15.8. The summed E-state index contributed by atoms with van der Waals surface area (Å²) in [4.78, 5) is 24.0. The molecule has 1 aromatic carbocycles. The molecule has 2 amide bonds. The maximum atomic E-state index is 12.0. The third-order valence-electron chi connectivity index (χ3n) is 5.08. The molecule has 0 aromatic heterocycles. The van der Waals surface area contributed by atoms with Crippen LogP contribution in [-0.2, 0) is 4.79 Å². The van der Waals surface area contributed by atoms with E-state index >= 15 is 0 Å². The molecule has 0 spiro atoms. The molecule has 2 bridgehead atoms. The van der Waals surface area contributed by atoms with Gasteiger partial charge in [0.05, 0.1) is 6.61 Å². The first-order chi connectivity index (χ1) is 11.2. The Bertz CT molecular complexity index is 570. The van der Waals surface area contributed by atoms with E-state index in [0.717, 1.165) is 11.7 Å². The fraction of sp³-hybridized carbons (Fsp3) is 0.556. The lowest BCUT2D eigenvalue weighted by atomic mass is 9.86. The Morgan fingerprint density at radius 1 is 1.13 bits per heavy atom. The molecule has 124 valence electrons. The summed E-state index contributed by atoms with van der Waals surface area (Å²) in [7, 11) is 0. The van der Waals surface area contributed by atoms with Gasteiger partial charge in [0.15, 0.2) is 0 Å². The third kappa shape index (κ3) is 3.84. The highest BCUT2D eigenvalue weighted by atomic mass is 16.5. The largest absolute Gasteiger partial charge is 0.494 e. The summed E-state index contributed by atoms with van der Waals surface area (Å²) in [5.41, 5.74) is 5.52. The molecular formula is C18H24N2O3. The zero-order valence-corrected chi connectivity index (χ0v) is 13.5. The molecule has 0 aliphatic heterocycles. The predicted octanol–water partition coefficient (Wildman–Crippen LogP) is 2.67. The minimum absolute atomic E-state index is 0.0955. The Morgan fingerprint density at radius 2 is 1.91 bits per heavy atom. The molecule has 0 heterocycles. The SMILES string of the molecule is CCOc1ccc(C(=O)NNC(=O)C[C@H]2C[C@H]3CC[C@@H]2C3)cc1. The molecule has 2 aliphatic rings. The van der Waals surface area contributed by atoms with Crippen molar-refractivity contribution in [2.24, 2.45) is 17.8 Å². The molecule has 3 rings (SSSR count). The van der Waals surface area contributed by atoms with Gasteiger partial charge in [-0.15, -0.1) is 0 Å². The van der Waals surface area contributed by atoms with Crippen LogP contribution in [0.3, 0.4) is 0 Å². The Kier molecular flexibility index (Phi) is 4.84. The molecule has 2 fully saturated rings. The number of fused-ring (bicyclic) bond motifs is 2. The van der Waals surface area contributed by atoms with Crippen molar-refractivity contribution in [2.75, 3.05) is 6.61 Å². The molecular weight excluding hydrogens is 292 g/mol. The third-order valence-corrected chi connectivity index (χ3v) is 5.08. The zero-order chi connectivity index (χ0) is 16.2. The minimum atomic E-state index is -0.311. The van der Waals surface area contributed by atoms with Crippen LogP contribution in [0.2, 0.25) is 0 Å². The van der Waals surface area contributed by atoms with Crippen LogP contribution >= 0.6 is 0 Å². The van der Waals surface area contributed by atoms with Gasteiger partial charge in [0.2, 0.25) is 5.91 Å². The molecule has 5 heteroatoms. The number of hydrogen-bond acceptors (Lipinski definition) is 3. The van der Waals surface area contributed by atoms with Gasteiger partial charge in [-0.3, -0.25) is 20.4 Å². The average molecular weight is 316 g/mol. The molecule has 3 atom stereocenters. The van der Waals surface area contributed by atoms with Gasteiger partial charge in [-0.1, -0.05) is 6.42 Å². The topological polar surface area (TPSA) is 67.4 Å². The van der Waals surface area contributed by atoms with Crippen LogP contribution in [-0.4, -0.2) is 18.4 Å². The molecule has 2 N–H and O–H groups in total. The van der Waals surface area contributed by atoms with Gasteiger partial charge < -0.3 is 4.74 Å². The Morgan fingerprint density at radius 3 is 2.52 bits per heavy atom. The van der Waals surface area contributed by atoms with Crippen molar-refractivity contribution in [3.8, 4) is 5.75 Å². The van der Waals surface area contributed by atoms with Crippen LogP contribution in [0, 0.1) is 17.8 Å². The van der Waals surface area contributed by atoms with Gasteiger partial charge in [-0.25, -0.2) is 0 Å². The number of nitrogens with one attached hydrogen (secondary N) is 2. The Balaban J connectivity index is 1.44. The number of ether oxygens (including phenoxy) is 1. The lowest BCUT2D eigenvalue weighted by Crippen LogP contribution is -2.42. The number of hydrazine groups is 1. The quantitative estimate of drug-likeness (QED) is 0.821. The van der Waals surface area contributed by atoms with Crippen LogP contribution in [0.15, 0.2) is 24.3 Å². The lowest BCUT2D eigenvalue weighted by Gasteiger charge is -2.20. The predicted molar refractivity (Wildman–Crippen MR) is 86.8 cm³/mol. The smallest absolute Gasteiger partial charge is 0.269 e. The monoisotopic (exact) mass is 316 g/mol.